The van der Waals surface area contributed by atoms with Crippen LogP contribution in [0.25, 0.3) is 0 Å². The second-order valence-electron chi connectivity index (χ2n) is 5.68. The summed E-state index contributed by atoms with van der Waals surface area (Å²) in [4.78, 5) is 2.55. The number of nitrogens with zero attached hydrogens (tertiary/aromatic N) is 1. The fourth-order valence-corrected chi connectivity index (χ4v) is 3.04. The van der Waals surface area contributed by atoms with Gasteiger partial charge in [-0.25, -0.2) is 0 Å². The average molecular weight is 240 g/mol. The molecule has 0 aromatic carbocycles. The van der Waals surface area contributed by atoms with E-state index in [4.69, 9.17) is 4.74 Å². The Balaban J connectivity index is 1.50. The molecule has 1 saturated carbocycles. The highest BCUT2D eigenvalue weighted by molar-refractivity contribution is 4.75. The van der Waals surface area contributed by atoms with Crippen LogP contribution in [0.15, 0.2) is 0 Å². The highest BCUT2D eigenvalue weighted by Gasteiger charge is 2.19. The number of likely N-dealkylation sites (N-methyl/N-ethyl adjacent to an activating group) is 1. The van der Waals surface area contributed by atoms with E-state index in [1.54, 1.807) is 0 Å². The minimum Gasteiger partial charge on any atom is -0.381 e. The van der Waals surface area contributed by atoms with Crippen LogP contribution >= 0.6 is 0 Å². The van der Waals surface area contributed by atoms with Crippen LogP contribution in [0.2, 0.25) is 0 Å². The fourth-order valence-electron chi connectivity index (χ4n) is 3.04. The highest BCUT2D eigenvalue weighted by Crippen LogP contribution is 2.21. The molecular weight excluding hydrogens is 212 g/mol. The Morgan fingerprint density at radius 2 is 1.82 bits per heavy atom. The van der Waals surface area contributed by atoms with Crippen LogP contribution in [-0.2, 0) is 4.74 Å². The smallest absolute Gasteiger partial charge is 0.0469 e. The molecule has 100 valence electrons. The van der Waals surface area contributed by atoms with Crippen molar-refractivity contribution in [2.45, 2.75) is 44.6 Å². The van der Waals surface area contributed by atoms with Crippen molar-refractivity contribution in [1.82, 2.24) is 10.2 Å². The van der Waals surface area contributed by atoms with E-state index >= 15 is 0 Å². The van der Waals surface area contributed by atoms with Gasteiger partial charge in [0.2, 0.25) is 0 Å². The molecule has 0 unspecified atom stereocenters. The van der Waals surface area contributed by atoms with Crippen LogP contribution < -0.4 is 5.32 Å². The summed E-state index contributed by atoms with van der Waals surface area (Å²) in [6, 6.07) is 0.861. The first-order valence-corrected chi connectivity index (χ1v) is 7.35. The Bertz CT molecular complexity index is 198. The summed E-state index contributed by atoms with van der Waals surface area (Å²) in [5, 5.41) is 3.61. The second-order valence-corrected chi connectivity index (χ2v) is 5.68. The third-order valence-corrected chi connectivity index (χ3v) is 4.36. The molecule has 0 aromatic heterocycles. The summed E-state index contributed by atoms with van der Waals surface area (Å²) in [6.07, 6.45) is 8.18. The van der Waals surface area contributed by atoms with Crippen molar-refractivity contribution in [3.05, 3.63) is 0 Å². The third-order valence-electron chi connectivity index (χ3n) is 4.36. The van der Waals surface area contributed by atoms with E-state index in [-0.39, 0.29) is 0 Å². The molecule has 0 radical (unpaired) electrons. The lowest BCUT2D eigenvalue weighted by Gasteiger charge is -2.25. The molecule has 0 spiro atoms. The van der Waals surface area contributed by atoms with Crippen LogP contribution in [0.1, 0.15) is 38.5 Å². The van der Waals surface area contributed by atoms with E-state index in [0.29, 0.717) is 0 Å². The Labute approximate surface area is 106 Å². The molecule has 1 aliphatic carbocycles. The zero-order chi connectivity index (χ0) is 11.9. The molecule has 1 saturated heterocycles. The van der Waals surface area contributed by atoms with Crippen LogP contribution in [0.5, 0.6) is 0 Å². The van der Waals surface area contributed by atoms with Crippen LogP contribution in [0, 0.1) is 5.92 Å². The Kier molecular flexibility index (Phi) is 5.75. The third kappa shape index (κ3) is 4.57. The maximum absolute atomic E-state index is 5.38. The second kappa shape index (κ2) is 7.34. The van der Waals surface area contributed by atoms with E-state index in [1.165, 1.54) is 51.6 Å². The molecule has 2 rings (SSSR count). The first kappa shape index (κ1) is 13.3. The number of rotatable bonds is 6. The van der Waals surface area contributed by atoms with Gasteiger partial charge < -0.3 is 15.0 Å². The summed E-state index contributed by atoms with van der Waals surface area (Å²) in [7, 11) is 2.28. The van der Waals surface area contributed by atoms with Gasteiger partial charge in [0.25, 0.3) is 0 Å². The lowest BCUT2D eigenvalue weighted by atomic mass is 10.0. The predicted octanol–water partition coefficient (Wildman–Crippen LogP) is 1.88. The van der Waals surface area contributed by atoms with E-state index in [0.717, 1.165) is 31.7 Å². The van der Waals surface area contributed by atoms with Crippen molar-refractivity contribution in [2.24, 2.45) is 5.92 Å². The Morgan fingerprint density at radius 3 is 2.53 bits per heavy atom. The minimum atomic E-state index is 0.848. The standard InChI is InChI=1S/C14H28N2O/c1-16(14-4-2-3-5-14)9-8-15-12-13-6-10-17-11-7-13/h13-15H,2-12H2,1H3. The maximum Gasteiger partial charge on any atom is 0.0469 e. The molecular formula is C14H28N2O. The van der Waals surface area contributed by atoms with Crippen molar-refractivity contribution < 1.29 is 4.74 Å². The molecule has 0 atom stereocenters. The molecule has 17 heavy (non-hydrogen) atoms. The van der Waals surface area contributed by atoms with E-state index < -0.39 is 0 Å². The van der Waals surface area contributed by atoms with Gasteiger partial charge >= 0.3 is 0 Å². The lowest BCUT2D eigenvalue weighted by Crippen LogP contribution is -2.37. The number of ether oxygens (including phenoxy) is 1. The van der Waals surface area contributed by atoms with Crippen LogP contribution in [0.4, 0.5) is 0 Å². The first-order valence-electron chi connectivity index (χ1n) is 7.35. The van der Waals surface area contributed by atoms with Gasteiger partial charge in [-0.1, -0.05) is 12.8 Å². The summed E-state index contributed by atoms with van der Waals surface area (Å²) in [6.45, 7) is 5.46. The van der Waals surface area contributed by atoms with Gasteiger partial charge in [-0.05, 0) is 45.2 Å². The zero-order valence-electron chi connectivity index (χ0n) is 11.3. The Morgan fingerprint density at radius 1 is 1.12 bits per heavy atom. The van der Waals surface area contributed by atoms with Crippen molar-refractivity contribution >= 4 is 0 Å². The Hall–Kier alpha value is -0.120. The van der Waals surface area contributed by atoms with Crippen LogP contribution in [0.3, 0.4) is 0 Å². The molecule has 3 nitrogen and oxygen atoms in total. The van der Waals surface area contributed by atoms with E-state index in [9.17, 15) is 0 Å². The molecule has 1 N–H and O–H groups in total. The molecule has 0 aromatic rings. The minimum absolute atomic E-state index is 0.848. The monoisotopic (exact) mass is 240 g/mol. The van der Waals surface area contributed by atoms with Gasteiger partial charge in [0.15, 0.2) is 0 Å². The molecule has 1 aliphatic heterocycles. The van der Waals surface area contributed by atoms with Gasteiger partial charge in [-0.2, -0.15) is 0 Å². The normalized spacial score (nSPS) is 23.6. The molecule has 0 bridgehead atoms. The van der Waals surface area contributed by atoms with Gasteiger partial charge in [0, 0.05) is 32.3 Å². The van der Waals surface area contributed by atoms with Gasteiger partial charge in [0.05, 0.1) is 0 Å². The highest BCUT2D eigenvalue weighted by atomic mass is 16.5. The molecule has 1 heterocycles. The van der Waals surface area contributed by atoms with Crippen molar-refractivity contribution in [2.75, 3.05) is 39.9 Å². The quantitative estimate of drug-likeness (QED) is 0.717. The molecule has 2 fully saturated rings. The van der Waals surface area contributed by atoms with Gasteiger partial charge in [-0.15, -0.1) is 0 Å². The summed E-state index contributed by atoms with van der Waals surface area (Å²) < 4.78 is 5.38. The SMILES string of the molecule is CN(CCNCC1CCOCC1)C1CCCC1. The van der Waals surface area contributed by atoms with Crippen molar-refractivity contribution in [1.29, 1.82) is 0 Å². The average Bonchev–Trinajstić information content (AvgIpc) is 2.89. The lowest BCUT2D eigenvalue weighted by molar-refractivity contribution is 0.0661. The summed E-state index contributed by atoms with van der Waals surface area (Å²) in [5.41, 5.74) is 0. The number of hydrogen-bond acceptors (Lipinski definition) is 3. The molecule has 0 amide bonds. The van der Waals surface area contributed by atoms with Crippen molar-refractivity contribution in [3.63, 3.8) is 0 Å². The topological polar surface area (TPSA) is 24.5 Å². The number of nitrogens with one attached hydrogen (secondary N) is 1. The van der Waals surface area contributed by atoms with E-state index in [2.05, 4.69) is 17.3 Å². The molecule has 3 heteroatoms. The zero-order valence-corrected chi connectivity index (χ0v) is 11.3. The van der Waals surface area contributed by atoms with E-state index in [1.807, 2.05) is 0 Å². The largest absolute Gasteiger partial charge is 0.381 e. The number of hydrogen-bond donors (Lipinski definition) is 1. The molecule has 2 aliphatic rings. The van der Waals surface area contributed by atoms with Gasteiger partial charge in [-0.3, -0.25) is 0 Å². The predicted molar refractivity (Wildman–Crippen MR) is 71.3 cm³/mol. The summed E-state index contributed by atoms with van der Waals surface area (Å²) >= 11 is 0. The fraction of sp³-hybridized carbons (Fsp3) is 1.00. The van der Waals surface area contributed by atoms with Crippen LogP contribution in [-0.4, -0.2) is 50.8 Å². The van der Waals surface area contributed by atoms with Gasteiger partial charge in [0.1, 0.15) is 0 Å². The van der Waals surface area contributed by atoms with Crippen molar-refractivity contribution in [3.8, 4) is 0 Å². The first-order chi connectivity index (χ1) is 8.36. The maximum atomic E-state index is 5.38. The summed E-state index contributed by atoms with van der Waals surface area (Å²) in [5.74, 6) is 0.848.